The van der Waals surface area contributed by atoms with Crippen LogP contribution in [-0.2, 0) is 9.53 Å². The molecule has 0 bridgehead atoms. The Morgan fingerprint density at radius 1 is 1.07 bits per heavy atom. The number of nitrogens with zero attached hydrogens (tertiary/aromatic N) is 1. The summed E-state index contributed by atoms with van der Waals surface area (Å²) >= 11 is 0. The summed E-state index contributed by atoms with van der Waals surface area (Å²) in [4.78, 5) is 26.3. The van der Waals surface area contributed by atoms with E-state index in [0.717, 1.165) is 36.6 Å². The predicted molar refractivity (Wildman–Crippen MR) is 99.9 cm³/mol. The van der Waals surface area contributed by atoms with Gasteiger partial charge in [-0.3, -0.25) is 4.79 Å². The molecule has 0 spiro atoms. The predicted octanol–water partition coefficient (Wildman–Crippen LogP) is 3.50. The van der Waals surface area contributed by atoms with Gasteiger partial charge in [0.15, 0.2) is 18.2 Å². The van der Waals surface area contributed by atoms with Crippen LogP contribution in [0, 0.1) is 11.6 Å². The van der Waals surface area contributed by atoms with E-state index in [2.05, 4.69) is 0 Å². The quantitative estimate of drug-likeness (QED) is 0.689. The molecular formula is C21H21F2NO5. The highest BCUT2D eigenvalue weighted by molar-refractivity contribution is 5.91. The Bertz CT molecular complexity index is 918. The van der Waals surface area contributed by atoms with E-state index >= 15 is 0 Å². The van der Waals surface area contributed by atoms with Crippen LogP contribution in [0.2, 0.25) is 0 Å². The molecule has 0 saturated carbocycles. The van der Waals surface area contributed by atoms with Crippen LogP contribution in [0.3, 0.4) is 0 Å². The minimum Gasteiger partial charge on any atom is -0.497 e. The second-order valence-electron chi connectivity index (χ2n) is 6.56. The number of amides is 1. The Hall–Kier alpha value is -3.16. The lowest BCUT2D eigenvalue weighted by Crippen LogP contribution is -2.34. The van der Waals surface area contributed by atoms with Gasteiger partial charge in [0.1, 0.15) is 11.5 Å². The van der Waals surface area contributed by atoms with Crippen LogP contribution in [0.25, 0.3) is 0 Å². The fourth-order valence-electron chi connectivity index (χ4n) is 3.41. The Balaban J connectivity index is 1.70. The van der Waals surface area contributed by atoms with Gasteiger partial charge in [-0.2, -0.15) is 0 Å². The number of methoxy groups -OCH3 is 2. The van der Waals surface area contributed by atoms with E-state index in [4.69, 9.17) is 14.2 Å². The zero-order valence-corrected chi connectivity index (χ0v) is 16.1. The molecule has 0 unspecified atom stereocenters. The lowest BCUT2D eigenvalue weighted by Gasteiger charge is -2.26. The first-order chi connectivity index (χ1) is 13.9. The Kier molecular flexibility index (Phi) is 6.31. The Morgan fingerprint density at radius 3 is 2.55 bits per heavy atom. The van der Waals surface area contributed by atoms with E-state index in [1.54, 1.807) is 31.3 Å². The van der Waals surface area contributed by atoms with Crippen LogP contribution in [0.5, 0.6) is 11.5 Å². The van der Waals surface area contributed by atoms with Gasteiger partial charge in [0.2, 0.25) is 0 Å². The van der Waals surface area contributed by atoms with E-state index in [-0.39, 0.29) is 17.5 Å². The van der Waals surface area contributed by atoms with Crippen LogP contribution < -0.4 is 9.47 Å². The fourth-order valence-corrected chi connectivity index (χ4v) is 3.41. The summed E-state index contributed by atoms with van der Waals surface area (Å²) in [5.74, 6) is -2.22. The van der Waals surface area contributed by atoms with Gasteiger partial charge in [0.25, 0.3) is 5.91 Å². The van der Waals surface area contributed by atoms with E-state index in [0.29, 0.717) is 18.0 Å². The molecule has 1 heterocycles. The number of esters is 1. The van der Waals surface area contributed by atoms with E-state index in [1.807, 2.05) is 6.07 Å². The molecule has 8 heteroatoms. The fraction of sp³-hybridized carbons (Fsp3) is 0.333. The van der Waals surface area contributed by atoms with Gasteiger partial charge in [-0.25, -0.2) is 13.6 Å². The molecule has 6 nitrogen and oxygen atoms in total. The molecule has 1 amide bonds. The maximum absolute atomic E-state index is 13.3. The van der Waals surface area contributed by atoms with Gasteiger partial charge < -0.3 is 19.1 Å². The Labute approximate surface area is 167 Å². The normalized spacial score (nSPS) is 15.9. The highest BCUT2D eigenvalue weighted by Gasteiger charge is 2.32. The molecule has 1 fully saturated rings. The number of hydrogen-bond donors (Lipinski definition) is 0. The monoisotopic (exact) mass is 405 g/mol. The topological polar surface area (TPSA) is 65.1 Å². The molecule has 1 atom stereocenters. The van der Waals surface area contributed by atoms with Crippen molar-refractivity contribution in [1.29, 1.82) is 0 Å². The lowest BCUT2D eigenvalue weighted by atomic mass is 10.0. The lowest BCUT2D eigenvalue weighted by molar-refractivity contribution is -0.135. The van der Waals surface area contributed by atoms with Crippen LogP contribution in [0.15, 0.2) is 36.4 Å². The summed E-state index contributed by atoms with van der Waals surface area (Å²) in [6.07, 6.45) is 1.51. The van der Waals surface area contributed by atoms with Crippen molar-refractivity contribution in [2.45, 2.75) is 18.9 Å². The zero-order chi connectivity index (χ0) is 21.0. The first-order valence-electron chi connectivity index (χ1n) is 9.08. The highest BCUT2D eigenvalue weighted by atomic mass is 19.2. The first kappa shape index (κ1) is 20.6. The number of carbonyl (C=O) groups excluding carboxylic acids is 2. The summed E-state index contributed by atoms with van der Waals surface area (Å²) < 4.78 is 42.0. The van der Waals surface area contributed by atoms with Crippen LogP contribution in [0.1, 0.15) is 34.8 Å². The maximum Gasteiger partial charge on any atom is 0.338 e. The van der Waals surface area contributed by atoms with Crippen molar-refractivity contribution in [3.05, 3.63) is 59.2 Å². The molecule has 0 N–H and O–H groups in total. The minimum atomic E-state index is -1.16. The molecular weight excluding hydrogens is 384 g/mol. The van der Waals surface area contributed by atoms with Crippen molar-refractivity contribution in [3.8, 4) is 11.5 Å². The molecule has 29 heavy (non-hydrogen) atoms. The van der Waals surface area contributed by atoms with Gasteiger partial charge in [-0.05, 0) is 49.2 Å². The highest BCUT2D eigenvalue weighted by Crippen LogP contribution is 2.38. The SMILES string of the molecule is COc1ccc(OC)c([C@@H]2CCCN2C(=O)COC(=O)c2ccc(F)c(F)c2)c1. The molecule has 3 rings (SSSR count). The van der Waals surface area contributed by atoms with Crippen molar-refractivity contribution in [2.75, 3.05) is 27.4 Å². The largest absolute Gasteiger partial charge is 0.497 e. The number of likely N-dealkylation sites (tertiary alicyclic amines) is 1. The number of benzene rings is 2. The summed E-state index contributed by atoms with van der Waals surface area (Å²) in [6.45, 7) is 0.00715. The summed E-state index contributed by atoms with van der Waals surface area (Å²) in [6, 6.07) is 7.80. The number of carbonyl (C=O) groups is 2. The first-order valence-corrected chi connectivity index (χ1v) is 9.08. The van der Waals surface area contributed by atoms with Gasteiger partial charge >= 0.3 is 5.97 Å². The number of rotatable bonds is 6. The molecule has 0 aliphatic carbocycles. The van der Waals surface area contributed by atoms with Crippen molar-refractivity contribution >= 4 is 11.9 Å². The van der Waals surface area contributed by atoms with Crippen LogP contribution in [-0.4, -0.2) is 44.1 Å². The van der Waals surface area contributed by atoms with Crippen molar-refractivity contribution in [2.24, 2.45) is 0 Å². The molecule has 1 aliphatic rings. The third kappa shape index (κ3) is 4.47. The van der Waals surface area contributed by atoms with Crippen LogP contribution >= 0.6 is 0 Å². The van der Waals surface area contributed by atoms with E-state index in [9.17, 15) is 18.4 Å². The van der Waals surface area contributed by atoms with Crippen molar-refractivity contribution in [3.63, 3.8) is 0 Å². The Morgan fingerprint density at radius 2 is 1.86 bits per heavy atom. The van der Waals surface area contributed by atoms with Gasteiger partial charge in [-0.15, -0.1) is 0 Å². The van der Waals surface area contributed by atoms with E-state index < -0.39 is 24.2 Å². The average molecular weight is 405 g/mol. The second-order valence-corrected chi connectivity index (χ2v) is 6.56. The van der Waals surface area contributed by atoms with E-state index in [1.165, 1.54) is 0 Å². The van der Waals surface area contributed by atoms with Gasteiger partial charge in [0.05, 0.1) is 25.8 Å². The van der Waals surface area contributed by atoms with Crippen molar-refractivity contribution in [1.82, 2.24) is 4.90 Å². The third-order valence-corrected chi connectivity index (χ3v) is 4.85. The van der Waals surface area contributed by atoms with Gasteiger partial charge in [-0.1, -0.05) is 0 Å². The van der Waals surface area contributed by atoms with Gasteiger partial charge in [0, 0.05) is 12.1 Å². The maximum atomic E-state index is 13.3. The van der Waals surface area contributed by atoms with Crippen molar-refractivity contribution < 1.29 is 32.6 Å². The molecule has 154 valence electrons. The molecule has 2 aromatic rings. The third-order valence-electron chi connectivity index (χ3n) is 4.85. The average Bonchev–Trinajstić information content (AvgIpc) is 3.23. The summed E-state index contributed by atoms with van der Waals surface area (Å²) in [7, 11) is 3.11. The minimum absolute atomic E-state index is 0.163. The van der Waals surface area contributed by atoms with Crippen LogP contribution in [0.4, 0.5) is 8.78 Å². The second kappa shape index (κ2) is 8.89. The molecule has 2 aromatic carbocycles. The number of ether oxygens (including phenoxy) is 3. The molecule has 0 aromatic heterocycles. The smallest absolute Gasteiger partial charge is 0.338 e. The summed E-state index contributed by atoms with van der Waals surface area (Å²) in [5, 5.41) is 0. The molecule has 0 radical (unpaired) electrons. The number of halogens is 2. The molecule has 1 aliphatic heterocycles. The number of hydrogen-bond acceptors (Lipinski definition) is 5. The standard InChI is InChI=1S/C21H21F2NO5/c1-27-14-6-8-19(28-2)15(11-14)18-4-3-9-24(18)20(25)12-29-21(26)13-5-7-16(22)17(23)10-13/h5-8,10-11,18H,3-4,9,12H2,1-2H3/t18-/m0/s1. The molecule has 1 saturated heterocycles. The summed E-state index contributed by atoms with van der Waals surface area (Å²) in [5.41, 5.74) is 0.647. The zero-order valence-electron chi connectivity index (χ0n) is 16.1.